The molecule has 0 aliphatic carbocycles. The van der Waals surface area contributed by atoms with E-state index in [0.29, 0.717) is 22.1 Å². The van der Waals surface area contributed by atoms with Crippen LogP contribution in [0.15, 0.2) is 59.0 Å². The largest absolute Gasteiger partial charge is 0.454 e. The van der Waals surface area contributed by atoms with Crippen LogP contribution in [0.1, 0.15) is 11.1 Å². The first-order valence-electron chi connectivity index (χ1n) is 6.55. The molecule has 1 aromatic heterocycles. The van der Waals surface area contributed by atoms with Gasteiger partial charge in [0.25, 0.3) is 0 Å². The van der Waals surface area contributed by atoms with Gasteiger partial charge in [0, 0.05) is 21.7 Å². The minimum absolute atomic E-state index is 0.575. The molecule has 0 fully saturated rings. The molecule has 1 heterocycles. The normalized spacial score (nSPS) is 10.3. The molecule has 0 N–H and O–H groups in total. The van der Waals surface area contributed by atoms with Gasteiger partial charge in [-0.05, 0) is 31.2 Å². The number of hydrogen-bond donors (Lipinski definition) is 0. The quantitative estimate of drug-likeness (QED) is 0.630. The molecule has 0 saturated heterocycles. The molecule has 0 spiro atoms. The Kier molecular flexibility index (Phi) is 3.51. The van der Waals surface area contributed by atoms with Crippen molar-refractivity contribution in [3.05, 3.63) is 70.7 Å². The van der Waals surface area contributed by atoms with Crippen molar-refractivity contribution in [1.29, 1.82) is 5.26 Å². The van der Waals surface area contributed by atoms with E-state index in [1.165, 1.54) is 0 Å². The van der Waals surface area contributed by atoms with Crippen molar-refractivity contribution in [2.24, 2.45) is 0 Å². The molecule has 0 saturated carbocycles. The highest BCUT2D eigenvalue weighted by molar-refractivity contribution is 6.30. The van der Waals surface area contributed by atoms with Crippen molar-refractivity contribution < 1.29 is 4.42 Å². The summed E-state index contributed by atoms with van der Waals surface area (Å²) in [5.41, 5.74) is 3.23. The van der Waals surface area contributed by atoms with Gasteiger partial charge in [-0.3, -0.25) is 0 Å². The molecule has 0 bridgehead atoms. The standard InChI is InChI=1S/C18H12ClNO/c1-12-16(11-20)18(13-5-3-2-4-6-13)21-17(12)14-7-9-15(19)10-8-14/h2-10H,1H3. The van der Waals surface area contributed by atoms with E-state index >= 15 is 0 Å². The maximum atomic E-state index is 9.43. The van der Waals surface area contributed by atoms with E-state index in [2.05, 4.69) is 6.07 Å². The first-order valence-corrected chi connectivity index (χ1v) is 6.93. The summed E-state index contributed by atoms with van der Waals surface area (Å²) in [7, 11) is 0. The zero-order valence-electron chi connectivity index (χ0n) is 11.4. The van der Waals surface area contributed by atoms with Gasteiger partial charge in [-0.25, -0.2) is 0 Å². The Balaban J connectivity index is 2.19. The first kappa shape index (κ1) is 13.5. The second-order valence-electron chi connectivity index (χ2n) is 4.75. The minimum atomic E-state index is 0.575. The number of benzene rings is 2. The Morgan fingerprint density at radius 1 is 0.905 bits per heavy atom. The van der Waals surface area contributed by atoms with Crippen LogP contribution < -0.4 is 0 Å². The molecule has 0 amide bonds. The van der Waals surface area contributed by atoms with Crippen molar-refractivity contribution in [1.82, 2.24) is 0 Å². The molecule has 0 aliphatic heterocycles. The van der Waals surface area contributed by atoms with Gasteiger partial charge >= 0.3 is 0 Å². The molecule has 0 unspecified atom stereocenters. The lowest BCUT2D eigenvalue weighted by Crippen LogP contribution is -1.81. The zero-order valence-corrected chi connectivity index (χ0v) is 12.2. The van der Waals surface area contributed by atoms with Gasteiger partial charge in [0.05, 0.1) is 0 Å². The third kappa shape index (κ3) is 2.44. The van der Waals surface area contributed by atoms with E-state index in [-0.39, 0.29) is 0 Å². The number of halogens is 1. The van der Waals surface area contributed by atoms with Gasteiger partial charge in [0.15, 0.2) is 5.76 Å². The fraction of sp³-hybridized carbons (Fsp3) is 0.0556. The summed E-state index contributed by atoms with van der Waals surface area (Å²) in [5, 5.41) is 10.1. The van der Waals surface area contributed by atoms with Crippen LogP contribution in [-0.2, 0) is 0 Å². The van der Waals surface area contributed by atoms with E-state index < -0.39 is 0 Å². The van der Waals surface area contributed by atoms with Gasteiger partial charge in [-0.15, -0.1) is 0 Å². The Labute approximate surface area is 128 Å². The summed E-state index contributed by atoms with van der Waals surface area (Å²) in [6.45, 7) is 1.90. The van der Waals surface area contributed by atoms with Crippen LogP contribution in [0.25, 0.3) is 22.6 Å². The molecule has 3 heteroatoms. The predicted octanol–water partition coefficient (Wildman–Crippen LogP) is 5.45. The monoisotopic (exact) mass is 293 g/mol. The third-order valence-electron chi connectivity index (χ3n) is 3.40. The van der Waals surface area contributed by atoms with E-state index in [1.807, 2.05) is 61.5 Å². The average Bonchev–Trinajstić information content (AvgIpc) is 2.86. The second-order valence-corrected chi connectivity index (χ2v) is 5.18. The smallest absolute Gasteiger partial charge is 0.152 e. The van der Waals surface area contributed by atoms with Gasteiger partial charge in [0.1, 0.15) is 17.4 Å². The Morgan fingerprint density at radius 3 is 2.14 bits per heavy atom. The van der Waals surface area contributed by atoms with Gasteiger partial charge in [-0.1, -0.05) is 41.9 Å². The van der Waals surface area contributed by atoms with Crippen molar-refractivity contribution in [3.63, 3.8) is 0 Å². The lowest BCUT2D eigenvalue weighted by Gasteiger charge is -1.99. The molecule has 3 aromatic rings. The fourth-order valence-electron chi connectivity index (χ4n) is 2.32. The summed E-state index contributed by atoms with van der Waals surface area (Å²) < 4.78 is 5.98. The van der Waals surface area contributed by atoms with E-state index in [0.717, 1.165) is 16.7 Å². The fourth-order valence-corrected chi connectivity index (χ4v) is 2.44. The number of nitrogens with zero attached hydrogens (tertiary/aromatic N) is 1. The molecule has 3 rings (SSSR count). The Hall–Kier alpha value is -2.50. The van der Waals surface area contributed by atoms with E-state index in [9.17, 15) is 5.26 Å². The molecule has 0 aliphatic rings. The van der Waals surface area contributed by atoms with Crippen LogP contribution in [0.3, 0.4) is 0 Å². The van der Waals surface area contributed by atoms with Crippen LogP contribution in [0.5, 0.6) is 0 Å². The zero-order chi connectivity index (χ0) is 14.8. The summed E-state index contributed by atoms with van der Waals surface area (Å²) >= 11 is 5.92. The van der Waals surface area contributed by atoms with Crippen LogP contribution >= 0.6 is 11.6 Å². The molecular formula is C18H12ClNO. The van der Waals surface area contributed by atoms with E-state index in [4.69, 9.17) is 16.0 Å². The molecule has 2 aromatic carbocycles. The van der Waals surface area contributed by atoms with Crippen LogP contribution in [-0.4, -0.2) is 0 Å². The van der Waals surface area contributed by atoms with Gasteiger partial charge in [-0.2, -0.15) is 5.26 Å². The van der Waals surface area contributed by atoms with Crippen molar-refractivity contribution >= 4 is 11.6 Å². The molecule has 2 nitrogen and oxygen atoms in total. The van der Waals surface area contributed by atoms with Crippen molar-refractivity contribution in [2.75, 3.05) is 0 Å². The molecule has 102 valence electrons. The lowest BCUT2D eigenvalue weighted by atomic mass is 10.0. The van der Waals surface area contributed by atoms with Crippen molar-refractivity contribution in [2.45, 2.75) is 6.92 Å². The highest BCUT2D eigenvalue weighted by atomic mass is 35.5. The van der Waals surface area contributed by atoms with Crippen LogP contribution in [0, 0.1) is 18.3 Å². The maximum Gasteiger partial charge on any atom is 0.152 e. The van der Waals surface area contributed by atoms with Crippen LogP contribution in [0.4, 0.5) is 0 Å². The SMILES string of the molecule is Cc1c(-c2ccc(Cl)cc2)oc(-c2ccccc2)c1C#N. The van der Waals surface area contributed by atoms with Crippen molar-refractivity contribution in [3.8, 4) is 28.7 Å². The van der Waals surface area contributed by atoms with Crippen LogP contribution in [0.2, 0.25) is 5.02 Å². The maximum absolute atomic E-state index is 9.43. The van der Waals surface area contributed by atoms with Gasteiger partial charge in [0.2, 0.25) is 0 Å². The lowest BCUT2D eigenvalue weighted by molar-refractivity contribution is 0.595. The van der Waals surface area contributed by atoms with E-state index in [1.54, 1.807) is 0 Å². The molecule has 21 heavy (non-hydrogen) atoms. The predicted molar refractivity (Wildman–Crippen MR) is 84.0 cm³/mol. The highest BCUT2D eigenvalue weighted by Crippen LogP contribution is 2.36. The molecule has 0 radical (unpaired) electrons. The highest BCUT2D eigenvalue weighted by Gasteiger charge is 2.19. The second kappa shape index (κ2) is 5.47. The summed E-state index contributed by atoms with van der Waals surface area (Å²) in [5.74, 6) is 1.32. The number of hydrogen-bond acceptors (Lipinski definition) is 2. The topological polar surface area (TPSA) is 36.9 Å². The summed E-state index contributed by atoms with van der Waals surface area (Å²) in [4.78, 5) is 0. The Bertz CT molecular complexity index is 811. The summed E-state index contributed by atoms with van der Waals surface area (Å²) in [6, 6.07) is 19.3. The summed E-state index contributed by atoms with van der Waals surface area (Å²) in [6.07, 6.45) is 0. The third-order valence-corrected chi connectivity index (χ3v) is 3.65. The van der Waals surface area contributed by atoms with Gasteiger partial charge < -0.3 is 4.42 Å². The Morgan fingerprint density at radius 2 is 1.52 bits per heavy atom. The number of rotatable bonds is 2. The molecule has 0 atom stereocenters. The first-order chi connectivity index (χ1) is 10.2. The number of nitriles is 1. The average molecular weight is 294 g/mol. The minimum Gasteiger partial charge on any atom is -0.454 e. The number of furan rings is 1. The molecular weight excluding hydrogens is 282 g/mol.